The SMILES string of the molecule is CC(C)Nc1cccnc1N1CCn2c(nnc2C(F)(F)F)C1. The van der Waals surface area contributed by atoms with Crippen molar-refractivity contribution in [2.75, 3.05) is 16.8 Å². The molecule has 0 aromatic carbocycles. The summed E-state index contributed by atoms with van der Waals surface area (Å²) in [6.45, 7) is 4.86. The molecule has 1 aliphatic heterocycles. The fourth-order valence-electron chi connectivity index (χ4n) is 2.62. The molecule has 0 saturated heterocycles. The second-order valence-corrected chi connectivity index (χ2v) is 5.68. The highest BCUT2D eigenvalue weighted by molar-refractivity contribution is 5.65. The Kier molecular flexibility index (Phi) is 3.87. The molecule has 0 spiro atoms. The van der Waals surface area contributed by atoms with Crippen LogP contribution in [-0.4, -0.2) is 32.3 Å². The molecule has 1 aliphatic rings. The van der Waals surface area contributed by atoms with Crippen LogP contribution in [0.4, 0.5) is 24.7 Å². The van der Waals surface area contributed by atoms with Gasteiger partial charge in [-0.25, -0.2) is 4.98 Å². The minimum absolute atomic E-state index is 0.175. The molecular formula is C14H17F3N6. The maximum atomic E-state index is 12.9. The third-order valence-corrected chi connectivity index (χ3v) is 3.54. The molecule has 0 radical (unpaired) electrons. The smallest absolute Gasteiger partial charge is 0.380 e. The quantitative estimate of drug-likeness (QED) is 0.939. The Morgan fingerprint density at radius 3 is 2.70 bits per heavy atom. The molecule has 0 bridgehead atoms. The zero-order valence-electron chi connectivity index (χ0n) is 12.8. The number of anilines is 2. The number of hydrogen-bond acceptors (Lipinski definition) is 5. The van der Waals surface area contributed by atoms with Gasteiger partial charge in [0.15, 0.2) is 11.6 Å². The van der Waals surface area contributed by atoms with Gasteiger partial charge in [0, 0.05) is 25.3 Å². The topological polar surface area (TPSA) is 58.9 Å². The molecule has 0 aliphatic carbocycles. The fraction of sp³-hybridized carbons (Fsp3) is 0.500. The molecule has 2 aromatic heterocycles. The molecule has 2 aromatic rings. The van der Waals surface area contributed by atoms with Crippen molar-refractivity contribution in [3.8, 4) is 0 Å². The molecule has 124 valence electrons. The second kappa shape index (κ2) is 5.71. The first kappa shape index (κ1) is 15.6. The van der Waals surface area contributed by atoms with Gasteiger partial charge in [-0.2, -0.15) is 13.2 Å². The van der Waals surface area contributed by atoms with Gasteiger partial charge < -0.3 is 14.8 Å². The Bertz CT molecular complexity index is 694. The number of aromatic nitrogens is 4. The minimum Gasteiger partial charge on any atom is -0.380 e. The summed E-state index contributed by atoms with van der Waals surface area (Å²) in [6, 6.07) is 3.95. The van der Waals surface area contributed by atoms with Crippen LogP contribution in [-0.2, 0) is 19.3 Å². The fourth-order valence-corrected chi connectivity index (χ4v) is 2.62. The first-order valence-electron chi connectivity index (χ1n) is 7.32. The van der Waals surface area contributed by atoms with Gasteiger partial charge in [-0.3, -0.25) is 0 Å². The van der Waals surface area contributed by atoms with Crippen LogP contribution in [0.15, 0.2) is 18.3 Å². The first-order chi connectivity index (χ1) is 10.9. The summed E-state index contributed by atoms with van der Waals surface area (Å²) in [4.78, 5) is 6.28. The molecule has 0 unspecified atom stereocenters. The number of alkyl halides is 3. The van der Waals surface area contributed by atoms with E-state index >= 15 is 0 Å². The van der Waals surface area contributed by atoms with E-state index in [4.69, 9.17) is 0 Å². The van der Waals surface area contributed by atoms with Gasteiger partial charge in [0.05, 0.1) is 12.2 Å². The van der Waals surface area contributed by atoms with Crippen LogP contribution in [0.1, 0.15) is 25.5 Å². The Morgan fingerprint density at radius 2 is 2.00 bits per heavy atom. The highest BCUT2D eigenvalue weighted by Crippen LogP contribution is 2.31. The van der Waals surface area contributed by atoms with Crippen molar-refractivity contribution in [3.05, 3.63) is 30.0 Å². The summed E-state index contributed by atoms with van der Waals surface area (Å²) < 4.78 is 39.8. The number of nitrogens with zero attached hydrogens (tertiary/aromatic N) is 5. The van der Waals surface area contributed by atoms with Gasteiger partial charge in [0.2, 0.25) is 5.82 Å². The average molecular weight is 326 g/mol. The van der Waals surface area contributed by atoms with Crippen molar-refractivity contribution >= 4 is 11.5 Å². The lowest BCUT2D eigenvalue weighted by atomic mass is 10.2. The lowest BCUT2D eigenvalue weighted by molar-refractivity contribution is -0.147. The molecule has 0 fully saturated rings. The number of nitrogens with one attached hydrogen (secondary N) is 1. The zero-order valence-corrected chi connectivity index (χ0v) is 12.8. The molecule has 3 heterocycles. The third kappa shape index (κ3) is 3.08. The van der Waals surface area contributed by atoms with Gasteiger partial charge in [-0.1, -0.05) is 0 Å². The van der Waals surface area contributed by atoms with Crippen molar-refractivity contribution < 1.29 is 13.2 Å². The maximum Gasteiger partial charge on any atom is 0.451 e. The third-order valence-electron chi connectivity index (χ3n) is 3.54. The standard InChI is InChI=1S/C14H17F3N6/c1-9(2)19-10-4-3-5-18-12(10)22-6-7-23-11(8-22)20-21-13(23)14(15,16)17/h3-5,9,19H,6-8H2,1-2H3. The van der Waals surface area contributed by atoms with Crippen LogP contribution in [0.2, 0.25) is 0 Å². The normalized spacial score (nSPS) is 15.0. The van der Waals surface area contributed by atoms with E-state index in [1.165, 1.54) is 0 Å². The van der Waals surface area contributed by atoms with Crippen LogP contribution >= 0.6 is 0 Å². The van der Waals surface area contributed by atoms with Crippen molar-refractivity contribution in [3.63, 3.8) is 0 Å². The van der Waals surface area contributed by atoms with Crippen LogP contribution < -0.4 is 10.2 Å². The zero-order chi connectivity index (χ0) is 16.6. The first-order valence-corrected chi connectivity index (χ1v) is 7.32. The van der Waals surface area contributed by atoms with E-state index in [2.05, 4.69) is 20.5 Å². The van der Waals surface area contributed by atoms with E-state index in [0.717, 1.165) is 10.3 Å². The lowest BCUT2D eigenvalue weighted by Crippen LogP contribution is -2.36. The Labute approximate surface area is 131 Å². The number of pyridine rings is 1. The number of hydrogen-bond donors (Lipinski definition) is 1. The van der Waals surface area contributed by atoms with Crippen LogP contribution in [0.3, 0.4) is 0 Å². The Hall–Kier alpha value is -2.32. The van der Waals surface area contributed by atoms with Crippen LogP contribution in [0.25, 0.3) is 0 Å². The van der Waals surface area contributed by atoms with Crippen molar-refractivity contribution in [2.24, 2.45) is 0 Å². The molecule has 1 N–H and O–H groups in total. The lowest BCUT2D eigenvalue weighted by Gasteiger charge is -2.30. The van der Waals surface area contributed by atoms with Crippen molar-refractivity contribution in [2.45, 2.75) is 39.2 Å². The Balaban J connectivity index is 1.87. The summed E-state index contributed by atoms with van der Waals surface area (Å²) in [5, 5.41) is 10.3. The molecule has 0 atom stereocenters. The molecule has 23 heavy (non-hydrogen) atoms. The number of rotatable bonds is 3. The number of halogens is 3. The number of fused-ring (bicyclic) bond motifs is 1. The van der Waals surface area contributed by atoms with Gasteiger partial charge in [0.25, 0.3) is 0 Å². The molecular weight excluding hydrogens is 309 g/mol. The van der Waals surface area contributed by atoms with E-state index in [-0.39, 0.29) is 19.1 Å². The van der Waals surface area contributed by atoms with Gasteiger partial charge >= 0.3 is 6.18 Å². The predicted octanol–water partition coefficient (Wildman–Crippen LogP) is 2.53. The van der Waals surface area contributed by atoms with E-state index in [1.807, 2.05) is 30.9 Å². The van der Waals surface area contributed by atoms with Gasteiger partial charge in [-0.05, 0) is 26.0 Å². The van der Waals surface area contributed by atoms with E-state index < -0.39 is 12.0 Å². The summed E-state index contributed by atoms with van der Waals surface area (Å²) in [6.07, 6.45) is -2.82. The van der Waals surface area contributed by atoms with Crippen LogP contribution in [0, 0.1) is 0 Å². The second-order valence-electron chi connectivity index (χ2n) is 5.68. The van der Waals surface area contributed by atoms with Crippen LogP contribution in [0.5, 0.6) is 0 Å². The molecule has 9 heteroatoms. The van der Waals surface area contributed by atoms with Crippen molar-refractivity contribution in [1.82, 2.24) is 19.7 Å². The molecule has 3 rings (SSSR count). The average Bonchev–Trinajstić information content (AvgIpc) is 2.90. The Morgan fingerprint density at radius 1 is 1.22 bits per heavy atom. The largest absolute Gasteiger partial charge is 0.451 e. The summed E-state index contributed by atoms with van der Waals surface area (Å²) >= 11 is 0. The maximum absolute atomic E-state index is 12.9. The molecule has 0 saturated carbocycles. The highest BCUT2D eigenvalue weighted by Gasteiger charge is 2.39. The summed E-state index contributed by atoms with van der Waals surface area (Å²) in [7, 11) is 0. The van der Waals surface area contributed by atoms with E-state index in [0.29, 0.717) is 18.2 Å². The van der Waals surface area contributed by atoms with Gasteiger partial charge in [-0.15, -0.1) is 10.2 Å². The predicted molar refractivity (Wildman–Crippen MR) is 79.1 cm³/mol. The monoisotopic (exact) mass is 326 g/mol. The highest BCUT2D eigenvalue weighted by atomic mass is 19.4. The van der Waals surface area contributed by atoms with Crippen molar-refractivity contribution in [1.29, 1.82) is 0 Å². The van der Waals surface area contributed by atoms with Gasteiger partial charge in [0.1, 0.15) is 0 Å². The molecule has 0 amide bonds. The molecule has 6 nitrogen and oxygen atoms in total. The van der Waals surface area contributed by atoms with E-state index in [9.17, 15) is 13.2 Å². The summed E-state index contributed by atoms with van der Waals surface area (Å²) in [5.74, 6) is 0.0717. The van der Waals surface area contributed by atoms with E-state index in [1.54, 1.807) is 6.20 Å². The summed E-state index contributed by atoms with van der Waals surface area (Å²) in [5.41, 5.74) is 0.853. The minimum atomic E-state index is -4.48.